The minimum Gasteiger partial charge on any atom is -0.352 e. The van der Waals surface area contributed by atoms with Gasteiger partial charge in [-0.05, 0) is 25.3 Å². The van der Waals surface area contributed by atoms with Crippen molar-refractivity contribution in [2.75, 3.05) is 6.54 Å². The number of aryl methyl sites for hydroxylation is 1. The van der Waals surface area contributed by atoms with Crippen molar-refractivity contribution in [3.05, 3.63) is 39.2 Å². The number of unbranched alkanes of at least 4 members (excludes halogenated alkanes) is 2. The van der Waals surface area contributed by atoms with E-state index in [1.54, 1.807) is 0 Å². The molecule has 0 fully saturated rings. The van der Waals surface area contributed by atoms with Gasteiger partial charge in [0.2, 0.25) is 0 Å². The minimum absolute atomic E-state index is 0.0498. The van der Waals surface area contributed by atoms with Crippen molar-refractivity contribution in [1.82, 2.24) is 5.32 Å². The molecule has 0 spiro atoms. The first-order valence-corrected chi connectivity index (χ1v) is 6.07. The number of benzene rings is 1. The van der Waals surface area contributed by atoms with E-state index in [2.05, 4.69) is 5.32 Å². The van der Waals surface area contributed by atoms with Crippen molar-refractivity contribution >= 4 is 11.6 Å². The van der Waals surface area contributed by atoms with Gasteiger partial charge in [0.1, 0.15) is 5.82 Å². The molecule has 20 heavy (non-hydrogen) atoms. The molecule has 1 aromatic rings. The lowest BCUT2D eigenvalue weighted by Gasteiger charge is -2.07. The van der Waals surface area contributed by atoms with Crippen LogP contribution in [0.5, 0.6) is 0 Å². The number of carbonyl (C=O) groups excluding carboxylic acids is 1. The molecule has 0 radical (unpaired) electrons. The Morgan fingerprint density at radius 1 is 1.50 bits per heavy atom. The van der Waals surface area contributed by atoms with E-state index >= 15 is 0 Å². The van der Waals surface area contributed by atoms with Crippen LogP contribution in [-0.4, -0.2) is 17.4 Å². The second kappa shape index (κ2) is 7.19. The number of hydrogen-bond donors (Lipinski definition) is 1. The zero-order valence-electron chi connectivity index (χ0n) is 11.0. The van der Waals surface area contributed by atoms with Crippen LogP contribution >= 0.6 is 0 Å². The summed E-state index contributed by atoms with van der Waals surface area (Å²) in [5.74, 6) is -1.45. The molecule has 0 saturated carbocycles. The zero-order chi connectivity index (χ0) is 15.1. The lowest BCUT2D eigenvalue weighted by molar-refractivity contribution is -0.385. The van der Waals surface area contributed by atoms with Crippen molar-refractivity contribution in [2.24, 2.45) is 0 Å². The summed E-state index contributed by atoms with van der Waals surface area (Å²) in [6.07, 6.45) is 1.61. The first-order valence-electron chi connectivity index (χ1n) is 6.07. The highest BCUT2D eigenvalue weighted by atomic mass is 19.1. The van der Waals surface area contributed by atoms with E-state index in [0.717, 1.165) is 12.1 Å². The van der Waals surface area contributed by atoms with Crippen molar-refractivity contribution in [2.45, 2.75) is 26.2 Å². The summed E-state index contributed by atoms with van der Waals surface area (Å²) in [4.78, 5) is 21.8. The summed E-state index contributed by atoms with van der Waals surface area (Å²) in [6.45, 7) is 1.66. The fraction of sp³-hybridized carbons (Fsp3) is 0.385. The average molecular weight is 279 g/mol. The molecule has 1 N–H and O–H groups in total. The van der Waals surface area contributed by atoms with Gasteiger partial charge in [-0.15, -0.1) is 0 Å². The van der Waals surface area contributed by atoms with Crippen LogP contribution in [0, 0.1) is 34.2 Å². The molecule has 0 unspecified atom stereocenters. The Morgan fingerprint density at radius 3 is 2.80 bits per heavy atom. The second-order valence-corrected chi connectivity index (χ2v) is 4.25. The number of nitro groups is 1. The van der Waals surface area contributed by atoms with Crippen LogP contribution < -0.4 is 5.32 Å². The third kappa shape index (κ3) is 4.02. The lowest BCUT2D eigenvalue weighted by Crippen LogP contribution is -2.25. The topological polar surface area (TPSA) is 96.0 Å². The number of halogens is 1. The minimum atomic E-state index is -0.759. The van der Waals surface area contributed by atoms with Crippen LogP contribution in [0.4, 0.5) is 10.1 Å². The summed E-state index contributed by atoms with van der Waals surface area (Å²) < 4.78 is 13.8. The smallest absolute Gasteiger partial charge is 0.270 e. The van der Waals surface area contributed by atoms with E-state index in [9.17, 15) is 19.3 Å². The van der Waals surface area contributed by atoms with E-state index in [0.29, 0.717) is 25.8 Å². The Bertz CT molecular complexity index is 567. The molecule has 6 nitrogen and oxygen atoms in total. The molecule has 0 aromatic heterocycles. The molecule has 0 aliphatic carbocycles. The number of carbonyl (C=O) groups is 1. The summed E-state index contributed by atoms with van der Waals surface area (Å²) in [5.41, 5.74) is -0.607. The lowest BCUT2D eigenvalue weighted by atomic mass is 10.1. The summed E-state index contributed by atoms with van der Waals surface area (Å²) >= 11 is 0. The highest BCUT2D eigenvalue weighted by molar-refractivity contribution is 5.95. The SMILES string of the molecule is Cc1cc([N+](=O)[O-])cc(C(=O)NCCCCC#N)c1F. The highest BCUT2D eigenvalue weighted by Gasteiger charge is 2.19. The Morgan fingerprint density at radius 2 is 2.20 bits per heavy atom. The van der Waals surface area contributed by atoms with Gasteiger partial charge in [0.15, 0.2) is 0 Å². The molecule has 1 rings (SSSR count). The Hall–Kier alpha value is -2.49. The maximum Gasteiger partial charge on any atom is 0.270 e. The molecule has 0 aliphatic rings. The van der Waals surface area contributed by atoms with Gasteiger partial charge < -0.3 is 5.32 Å². The van der Waals surface area contributed by atoms with Crippen LogP contribution in [0.3, 0.4) is 0 Å². The summed E-state index contributed by atoms with van der Waals surface area (Å²) in [6, 6.07) is 3.98. The number of nitrogens with one attached hydrogen (secondary N) is 1. The number of nitriles is 1. The average Bonchev–Trinajstić information content (AvgIpc) is 2.41. The molecule has 0 saturated heterocycles. The molecular weight excluding hydrogens is 265 g/mol. The van der Waals surface area contributed by atoms with Gasteiger partial charge >= 0.3 is 0 Å². The van der Waals surface area contributed by atoms with E-state index < -0.39 is 16.6 Å². The zero-order valence-corrected chi connectivity index (χ0v) is 11.0. The number of rotatable bonds is 6. The Balaban J connectivity index is 2.77. The maximum atomic E-state index is 13.8. The number of amides is 1. The van der Waals surface area contributed by atoms with Crippen LogP contribution in [0.25, 0.3) is 0 Å². The predicted molar refractivity (Wildman–Crippen MR) is 69.6 cm³/mol. The van der Waals surface area contributed by atoms with Crippen molar-refractivity contribution in [3.8, 4) is 6.07 Å². The standard InChI is InChI=1S/C13H14FN3O3/c1-9-7-10(17(19)20)8-11(12(9)14)13(18)16-6-4-2-3-5-15/h7-8H,2-4,6H2,1H3,(H,16,18). The van der Waals surface area contributed by atoms with Gasteiger partial charge in [-0.3, -0.25) is 14.9 Å². The van der Waals surface area contributed by atoms with Crippen molar-refractivity contribution in [3.63, 3.8) is 0 Å². The van der Waals surface area contributed by atoms with E-state index in [-0.39, 0.29) is 16.8 Å². The van der Waals surface area contributed by atoms with Crippen LogP contribution in [0.15, 0.2) is 12.1 Å². The first-order chi connectivity index (χ1) is 9.47. The summed E-state index contributed by atoms with van der Waals surface area (Å²) in [7, 11) is 0. The first kappa shape index (κ1) is 15.6. The van der Waals surface area contributed by atoms with Gasteiger partial charge in [-0.1, -0.05) is 0 Å². The van der Waals surface area contributed by atoms with Crippen LogP contribution in [0.2, 0.25) is 0 Å². The van der Waals surface area contributed by atoms with Crippen molar-refractivity contribution < 1.29 is 14.1 Å². The number of nitrogens with zero attached hydrogens (tertiary/aromatic N) is 2. The Labute approximate surface area is 115 Å². The Kier molecular flexibility index (Phi) is 5.59. The van der Waals surface area contributed by atoms with E-state index in [4.69, 9.17) is 5.26 Å². The number of non-ortho nitro benzene ring substituents is 1. The fourth-order valence-electron chi connectivity index (χ4n) is 1.65. The van der Waals surface area contributed by atoms with E-state index in [1.165, 1.54) is 6.92 Å². The van der Waals surface area contributed by atoms with Gasteiger partial charge in [0, 0.05) is 25.1 Å². The van der Waals surface area contributed by atoms with Crippen molar-refractivity contribution in [1.29, 1.82) is 5.26 Å². The normalized spacial score (nSPS) is 9.85. The highest BCUT2D eigenvalue weighted by Crippen LogP contribution is 2.20. The predicted octanol–water partition coefficient (Wildman–Crippen LogP) is 2.47. The largest absolute Gasteiger partial charge is 0.352 e. The van der Waals surface area contributed by atoms with E-state index in [1.807, 2.05) is 6.07 Å². The molecule has 1 aromatic carbocycles. The molecule has 0 atom stereocenters. The molecular formula is C13H14FN3O3. The maximum absolute atomic E-state index is 13.8. The van der Waals surface area contributed by atoms with Gasteiger partial charge in [0.25, 0.3) is 11.6 Å². The van der Waals surface area contributed by atoms with Gasteiger partial charge in [0.05, 0.1) is 16.6 Å². The molecule has 0 heterocycles. The molecule has 1 amide bonds. The summed E-state index contributed by atoms with van der Waals surface area (Å²) in [5, 5.41) is 21.5. The van der Waals surface area contributed by atoms with Crippen LogP contribution in [0.1, 0.15) is 35.2 Å². The second-order valence-electron chi connectivity index (χ2n) is 4.25. The molecule has 0 bridgehead atoms. The third-order valence-corrected chi connectivity index (χ3v) is 2.70. The quantitative estimate of drug-likeness (QED) is 0.491. The third-order valence-electron chi connectivity index (χ3n) is 2.70. The molecule has 106 valence electrons. The fourth-order valence-corrected chi connectivity index (χ4v) is 1.65. The number of nitro benzene ring substituents is 1. The molecule has 7 heteroatoms. The number of hydrogen-bond acceptors (Lipinski definition) is 4. The molecule has 0 aliphatic heterocycles. The van der Waals surface area contributed by atoms with Crippen LogP contribution in [-0.2, 0) is 0 Å². The monoisotopic (exact) mass is 279 g/mol. The van der Waals surface area contributed by atoms with Gasteiger partial charge in [-0.25, -0.2) is 4.39 Å². The van der Waals surface area contributed by atoms with Gasteiger partial charge in [-0.2, -0.15) is 5.26 Å².